The van der Waals surface area contributed by atoms with Crippen LogP contribution in [0.4, 0.5) is 11.4 Å². The van der Waals surface area contributed by atoms with E-state index in [1.807, 2.05) is 18.3 Å². The van der Waals surface area contributed by atoms with Gasteiger partial charge in [0.25, 0.3) is 0 Å². The van der Waals surface area contributed by atoms with Gasteiger partial charge in [0.15, 0.2) is 5.69 Å². The maximum absolute atomic E-state index is 11.0. The molecule has 0 atom stereocenters. The molecule has 3 aromatic rings. The largest absolute Gasteiger partial charge is 0.630 e. The van der Waals surface area contributed by atoms with Crippen LogP contribution < -0.4 is 10.8 Å². The van der Waals surface area contributed by atoms with E-state index in [-0.39, 0.29) is 0 Å². The number of aromatic nitrogens is 2. The number of benzene rings is 1. The highest BCUT2D eigenvalue weighted by Gasteiger charge is 2.04. The molecule has 5 nitrogen and oxygen atoms in total. The third-order valence-corrected chi connectivity index (χ3v) is 3.87. The average molecular weight is 345 g/mol. The third kappa shape index (κ3) is 3.02. The van der Waals surface area contributed by atoms with E-state index in [9.17, 15) is 5.21 Å². The molecule has 0 bridgehead atoms. The van der Waals surface area contributed by atoms with E-state index < -0.39 is 0 Å². The van der Waals surface area contributed by atoms with E-state index in [4.69, 9.17) is 0 Å². The van der Waals surface area contributed by atoms with Crippen LogP contribution in [0, 0.1) is 5.21 Å². The molecule has 0 radical (unpaired) electrons. The van der Waals surface area contributed by atoms with Crippen molar-refractivity contribution in [1.29, 1.82) is 0 Å². The number of rotatable bonds is 4. The van der Waals surface area contributed by atoms with Crippen molar-refractivity contribution in [2.75, 3.05) is 5.32 Å². The molecule has 0 unspecified atom stereocenters. The Hall–Kier alpha value is -2.02. The second-order valence-electron chi connectivity index (χ2n) is 4.61. The van der Waals surface area contributed by atoms with E-state index >= 15 is 0 Å². The first kappa shape index (κ1) is 13.9. The normalized spacial score (nSPS) is 10.8. The lowest BCUT2D eigenvalue weighted by Gasteiger charge is -2.11. The second kappa shape index (κ2) is 6.17. The molecule has 0 saturated heterocycles. The summed E-state index contributed by atoms with van der Waals surface area (Å²) in [5, 5.41) is 16.4. The number of hydrogen-bond acceptors (Lipinski definition) is 4. The van der Waals surface area contributed by atoms with Gasteiger partial charge in [-0.2, -0.15) is 0 Å². The van der Waals surface area contributed by atoms with Crippen LogP contribution in [0.25, 0.3) is 10.8 Å². The van der Waals surface area contributed by atoms with Gasteiger partial charge in [0.05, 0.1) is 11.9 Å². The fraction of sp³-hybridized carbons (Fsp3) is 0.0667. The van der Waals surface area contributed by atoms with Crippen LogP contribution in [0.3, 0.4) is 0 Å². The number of nitrogens with zero attached hydrogens (tertiary/aromatic N) is 2. The van der Waals surface area contributed by atoms with Gasteiger partial charge in [-0.05, 0) is 39.0 Å². The Morgan fingerprint density at radius 2 is 2.05 bits per heavy atom. The zero-order chi connectivity index (χ0) is 14.7. The SMILES string of the molecule is [O-][NH2+]c1cnccc1NCc1ccc2cncc(Br)c2c1. The molecule has 0 fully saturated rings. The second-order valence-corrected chi connectivity index (χ2v) is 5.47. The Kier molecular flexibility index (Phi) is 4.10. The number of nitrogens with one attached hydrogen (secondary N) is 1. The molecule has 3 rings (SSSR count). The molecule has 0 aliphatic heterocycles. The van der Waals surface area contributed by atoms with Crippen molar-refractivity contribution in [3.8, 4) is 0 Å². The van der Waals surface area contributed by atoms with E-state index in [1.165, 1.54) is 0 Å². The number of quaternary nitrogens is 1. The first-order valence-corrected chi connectivity index (χ1v) is 7.22. The standard InChI is InChI=1S/C15H13BrN4O/c16-13-8-18-7-11-2-1-10(5-12(11)13)6-19-14-3-4-17-9-15(14)20-21/h1-5,7-9H,6,20H2,(H,17,19). The van der Waals surface area contributed by atoms with Gasteiger partial charge in [0.2, 0.25) is 0 Å². The lowest BCUT2D eigenvalue weighted by atomic mass is 10.1. The summed E-state index contributed by atoms with van der Waals surface area (Å²) < 4.78 is 0.972. The Morgan fingerprint density at radius 1 is 1.14 bits per heavy atom. The van der Waals surface area contributed by atoms with Crippen LogP contribution in [0.15, 0.2) is 53.5 Å². The van der Waals surface area contributed by atoms with Crippen LogP contribution in [0.5, 0.6) is 0 Å². The maximum atomic E-state index is 11.0. The van der Waals surface area contributed by atoms with Crippen molar-refractivity contribution < 1.29 is 5.48 Å². The Bertz CT molecular complexity index is 778. The third-order valence-electron chi connectivity index (χ3n) is 3.24. The molecule has 3 N–H and O–H groups in total. The van der Waals surface area contributed by atoms with E-state index in [0.29, 0.717) is 12.2 Å². The number of anilines is 1. The molecule has 0 aliphatic rings. The van der Waals surface area contributed by atoms with Gasteiger partial charge in [0, 0.05) is 35.0 Å². The molecule has 6 heteroatoms. The van der Waals surface area contributed by atoms with Gasteiger partial charge in [-0.15, -0.1) is 0 Å². The maximum Gasteiger partial charge on any atom is 0.171 e. The first-order valence-electron chi connectivity index (χ1n) is 6.43. The van der Waals surface area contributed by atoms with Crippen LogP contribution in [-0.2, 0) is 6.54 Å². The predicted molar refractivity (Wildman–Crippen MR) is 86.0 cm³/mol. The van der Waals surface area contributed by atoms with Crippen LogP contribution in [0.2, 0.25) is 0 Å². The summed E-state index contributed by atoms with van der Waals surface area (Å²) >= 11 is 3.51. The quantitative estimate of drug-likeness (QED) is 0.713. The molecule has 106 valence electrons. The fourth-order valence-electron chi connectivity index (χ4n) is 2.14. The van der Waals surface area contributed by atoms with Crippen molar-refractivity contribution in [3.63, 3.8) is 0 Å². The van der Waals surface area contributed by atoms with Crippen molar-refractivity contribution in [1.82, 2.24) is 9.97 Å². The van der Waals surface area contributed by atoms with Gasteiger partial charge >= 0.3 is 0 Å². The lowest BCUT2D eigenvalue weighted by molar-refractivity contribution is -0.496. The van der Waals surface area contributed by atoms with Gasteiger partial charge in [-0.1, -0.05) is 12.1 Å². The molecule has 21 heavy (non-hydrogen) atoms. The minimum Gasteiger partial charge on any atom is -0.630 e. The van der Waals surface area contributed by atoms with Crippen molar-refractivity contribution in [2.24, 2.45) is 0 Å². The number of fused-ring (bicyclic) bond motifs is 1. The summed E-state index contributed by atoms with van der Waals surface area (Å²) in [5.41, 5.74) is 3.28. The van der Waals surface area contributed by atoms with Crippen LogP contribution >= 0.6 is 15.9 Å². The smallest absolute Gasteiger partial charge is 0.171 e. The van der Waals surface area contributed by atoms with E-state index in [2.05, 4.69) is 37.3 Å². The van der Waals surface area contributed by atoms with Crippen molar-refractivity contribution in [3.05, 3.63) is 64.3 Å². The zero-order valence-corrected chi connectivity index (χ0v) is 12.7. The van der Waals surface area contributed by atoms with Gasteiger partial charge in [-0.25, -0.2) is 0 Å². The number of nitrogens with two attached hydrogens (primary N) is 1. The number of halogens is 1. The molecule has 0 saturated carbocycles. The molecule has 1 aromatic carbocycles. The summed E-state index contributed by atoms with van der Waals surface area (Å²) in [4.78, 5) is 8.09. The summed E-state index contributed by atoms with van der Waals surface area (Å²) in [6.45, 7) is 0.634. The Labute approximate surface area is 130 Å². The number of hydrogen-bond donors (Lipinski definition) is 2. The predicted octanol–water partition coefficient (Wildman–Crippen LogP) is 2.70. The Balaban J connectivity index is 1.84. The summed E-state index contributed by atoms with van der Waals surface area (Å²) in [6, 6.07) is 7.99. The first-order chi connectivity index (χ1) is 10.3. The fourth-order valence-corrected chi connectivity index (χ4v) is 2.61. The molecule has 2 heterocycles. The summed E-state index contributed by atoms with van der Waals surface area (Å²) in [5.74, 6) is 0. The highest BCUT2D eigenvalue weighted by Crippen LogP contribution is 2.24. The lowest BCUT2D eigenvalue weighted by Crippen LogP contribution is -2.70. The molecule has 0 spiro atoms. The number of pyridine rings is 2. The van der Waals surface area contributed by atoms with Crippen molar-refractivity contribution in [2.45, 2.75) is 6.54 Å². The van der Waals surface area contributed by atoms with Crippen LogP contribution in [-0.4, -0.2) is 9.97 Å². The molecule has 0 aliphatic carbocycles. The van der Waals surface area contributed by atoms with Gasteiger partial charge in [0.1, 0.15) is 0 Å². The monoisotopic (exact) mass is 344 g/mol. The molecular formula is C15H13BrN4O. The topological polar surface area (TPSA) is 77.5 Å². The van der Waals surface area contributed by atoms with E-state index in [0.717, 1.165) is 32.0 Å². The van der Waals surface area contributed by atoms with Crippen molar-refractivity contribution >= 4 is 38.1 Å². The zero-order valence-electron chi connectivity index (χ0n) is 11.1. The van der Waals surface area contributed by atoms with Gasteiger partial charge < -0.3 is 16.0 Å². The summed E-state index contributed by atoms with van der Waals surface area (Å²) in [7, 11) is 0. The minimum atomic E-state index is 0.559. The Morgan fingerprint density at radius 3 is 2.90 bits per heavy atom. The average Bonchev–Trinajstić information content (AvgIpc) is 2.54. The molecular weight excluding hydrogens is 332 g/mol. The molecule has 0 amide bonds. The summed E-state index contributed by atoms with van der Waals surface area (Å²) in [6.07, 6.45) is 6.84. The van der Waals surface area contributed by atoms with Crippen LogP contribution in [0.1, 0.15) is 5.56 Å². The van der Waals surface area contributed by atoms with Gasteiger partial charge in [-0.3, -0.25) is 9.97 Å². The highest BCUT2D eigenvalue weighted by molar-refractivity contribution is 9.10. The minimum absolute atomic E-state index is 0.559. The van der Waals surface area contributed by atoms with E-state index in [1.54, 1.807) is 24.7 Å². The molecule has 2 aromatic heterocycles. The highest BCUT2D eigenvalue weighted by atomic mass is 79.9.